The van der Waals surface area contributed by atoms with Gasteiger partial charge in [0.25, 0.3) is 0 Å². The molecule has 168 valence electrons. The molecule has 0 saturated carbocycles. The van der Waals surface area contributed by atoms with Crippen LogP contribution in [0.3, 0.4) is 0 Å². The second-order valence-corrected chi connectivity index (χ2v) is 8.62. The monoisotopic (exact) mass is 457 g/mol. The fraction of sp³-hybridized carbons (Fsp3) is 0.192. The minimum atomic E-state index is -0.0776. The van der Waals surface area contributed by atoms with Gasteiger partial charge in [-0.3, -0.25) is 9.36 Å². The van der Waals surface area contributed by atoms with Crippen LogP contribution in [0.4, 0.5) is 11.4 Å². The summed E-state index contributed by atoms with van der Waals surface area (Å²) in [7, 11) is 0. The van der Waals surface area contributed by atoms with E-state index in [0.717, 1.165) is 29.3 Å². The third-order valence-electron chi connectivity index (χ3n) is 5.20. The Morgan fingerprint density at radius 3 is 2.30 bits per heavy atom. The maximum absolute atomic E-state index is 12.5. The number of para-hydroxylation sites is 1. The zero-order valence-corrected chi connectivity index (χ0v) is 19.6. The van der Waals surface area contributed by atoms with Crippen LogP contribution in [0.5, 0.6) is 0 Å². The minimum absolute atomic E-state index is 0.0776. The average Bonchev–Trinajstić information content (AvgIpc) is 3.26. The number of carbonyl (C=O) groups excluding carboxylic acids is 1. The number of nitrogens with zero attached hydrogens (tertiary/aromatic N) is 3. The average molecular weight is 458 g/mol. The maximum atomic E-state index is 12.5. The summed E-state index contributed by atoms with van der Waals surface area (Å²) in [4.78, 5) is 12.5. The SMILES string of the molecule is CCc1ccc(NC(=O)CSc2nnc(CNc3ccc(C)cc3)n2-c2ccccc2)cc1. The number of aryl methyl sites for hydroxylation is 2. The molecule has 0 bridgehead atoms. The van der Waals surface area contributed by atoms with Crippen molar-refractivity contribution in [3.63, 3.8) is 0 Å². The van der Waals surface area contributed by atoms with Gasteiger partial charge in [-0.05, 0) is 55.3 Å². The normalized spacial score (nSPS) is 10.7. The highest BCUT2D eigenvalue weighted by atomic mass is 32.2. The van der Waals surface area contributed by atoms with Crippen LogP contribution >= 0.6 is 11.8 Å². The Labute approximate surface area is 198 Å². The van der Waals surface area contributed by atoms with E-state index >= 15 is 0 Å². The van der Waals surface area contributed by atoms with E-state index in [0.29, 0.717) is 11.7 Å². The molecule has 0 fully saturated rings. The molecule has 1 amide bonds. The quantitative estimate of drug-likeness (QED) is 0.326. The third-order valence-corrected chi connectivity index (χ3v) is 6.12. The van der Waals surface area contributed by atoms with Crippen LogP contribution in [0, 0.1) is 6.92 Å². The second kappa shape index (κ2) is 10.8. The second-order valence-electron chi connectivity index (χ2n) is 7.68. The predicted octanol–water partition coefficient (Wildman–Crippen LogP) is 5.48. The largest absolute Gasteiger partial charge is 0.378 e. The van der Waals surface area contributed by atoms with Crippen LogP contribution in [0.1, 0.15) is 23.9 Å². The van der Waals surface area contributed by atoms with Gasteiger partial charge >= 0.3 is 0 Å². The summed E-state index contributed by atoms with van der Waals surface area (Å²) in [6, 6.07) is 26.1. The molecule has 3 aromatic carbocycles. The van der Waals surface area contributed by atoms with E-state index < -0.39 is 0 Å². The van der Waals surface area contributed by atoms with E-state index in [4.69, 9.17) is 0 Å². The molecule has 0 saturated heterocycles. The Hall–Kier alpha value is -3.58. The number of benzene rings is 3. The molecule has 0 aliphatic rings. The molecule has 0 radical (unpaired) electrons. The van der Waals surface area contributed by atoms with Crippen LogP contribution in [0.25, 0.3) is 5.69 Å². The van der Waals surface area contributed by atoms with Crippen molar-refractivity contribution in [2.75, 3.05) is 16.4 Å². The molecule has 4 rings (SSSR count). The van der Waals surface area contributed by atoms with Crippen LogP contribution < -0.4 is 10.6 Å². The van der Waals surface area contributed by atoms with E-state index in [9.17, 15) is 4.79 Å². The lowest BCUT2D eigenvalue weighted by molar-refractivity contribution is -0.113. The first-order chi connectivity index (χ1) is 16.1. The zero-order valence-electron chi connectivity index (χ0n) is 18.8. The first-order valence-electron chi connectivity index (χ1n) is 10.9. The van der Waals surface area contributed by atoms with Gasteiger partial charge in [0.2, 0.25) is 5.91 Å². The van der Waals surface area contributed by atoms with Gasteiger partial charge in [0.15, 0.2) is 11.0 Å². The van der Waals surface area contributed by atoms with Crippen LogP contribution in [-0.4, -0.2) is 26.4 Å². The van der Waals surface area contributed by atoms with Crippen molar-refractivity contribution in [1.82, 2.24) is 14.8 Å². The van der Waals surface area contributed by atoms with Crippen LogP contribution in [0.15, 0.2) is 84.0 Å². The number of carbonyl (C=O) groups is 1. The molecule has 7 heteroatoms. The molecule has 0 aliphatic carbocycles. The summed E-state index contributed by atoms with van der Waals surface area (Å²) in [6.45, 7) is 4.69. The highest BCUT2D eigenvalue weighted by Crippen LogP contribution is 2.23. The van der Waals surface area contributed by atoms with Crippen molar-refractivity contribution < 1.29 is 4.79 Å². The predicted molar refractivity (Wildman–Crippen MR) is 135 cm³/mol. The third kappa shape index (κ3) is 6.02. The molecular formula is C26H27N5OS. The van der Waals surface area contributed by atoms with Gasteiger partial charge in [0.05, 0.1) is 12.3 Å². The Morgan fingerprint density at radius 1 is 0.909 bits per heavy atom. The molecule has 0 atom stereocenters. The van der Waals surface area contributed by atoms with E-state index in [-0.39, 0.29) is 11.7 Å². The highest BCUT2D eigenvalue weighted by Gasteiger charge is 2.16. The Kier molecular flexibility index (Phi) is 7.42. The molecule has 6 nitrogen and oxygen atoms in total. The molecule has 2 N–H and O–H groups in total. The van der Waals surface area contributed by atoms with Gasteiger partial charge in [-0.1, -0.05) is 66.7 Å². The topological polar surface area (TPSA) is 71.8 Å². The summed E-state index contributed by atoms with van der Waals surface area (Å²) in [5, 5.41) is 15.8. The van der Waals surface area contributed by atoms with Crippen molar-refractivity contribution in [2.24, 2.45) is 0 Å². The van der Waals surface area contributed by atoms with Crippen LogP contribution in [-0.2, 0) is 17.8 Å². The van der Waals surface area contributed by atoms with E-state index in [1.807, 2.05) is 71.3 Å². The first-order valence-corrected chi connectivity index (χ1v) is 11.9. The fourth-order valence-electron chi connectivity index (χ4n) is 3.35. The Balaban J connectivity index is 1.46. The lowest BCUT2D eigenvalue weighted by Crippen LogP contribution is -2.15. The molecule has 1 aromatic heterocycles. The Morgan fingerprint density at radius 2 is 1.61 bits per heavy atom. The summed E-state index contributed by atoms with van der Waals surface area (Å²) < 4.78 is 2.00. The summed E-state index contributed by atoms with van der Waals surface area (Å²) in [5.41, 5.74) is 5.23. The number of hydrogen-bond donors (Lipinski definition) is 2. The van der Waals surface area contributed by atoms with Crippen LogP contribution in [0.2, 0.25) is 0 Å². The molecule has 1 heterocycles. The van der Waals surface area contributed by atoms with Crippen molar-refractivity contribution in [3.05, 3.63) is 95.8 Å². The van der Waals surface area contributed by atoms with Crippen molar-refractivity contribution in [3.8, 4) is 5.69 Å². The number of amides is 1. The number of hydrogen-bond acceptors (Lipinski definition) is 5. The standard InChI is InChI=1S/C26H27N5OS/c1-3-20-11-15-22(16-12-20)28-25(32)18-33-26-30-29-24(31(26)23-7-5-4-6-8-23)17-27-21-13-9-19(2)10-14-21/h4-16,27H,3,17-18H2,1-2H3,(H,28,32). The zero-order chi connectivity index (χ0) is 23.0. The highest BCUT2D eigenvalue weighted by molar-refractivity contribution is 7.99. The Bertz CT molecular complexity index is 1190. The van der Waals surface area contributed by atoms with Gasteiger partial charge in [-0.15, -0.1) is 10.2 Å². The number of thioether (sulfide) groups is 1. The number of rotatable bonds is 9. The van der Waals surface area contributed by atoms with E-state index in [1.54, 1.807) is 0 Å². The molecule has 0 aliphatic heterocycles. The fourth-order valence-corrected chi connectivity index (χ4v) is 4.12. The van der Waals surface area contributed by atoms with Gasteiger partial charge in [-0.25, -0.2) is 0 Å². The molecular weight excluding hydrogens is 430 g/mol. The summed E-state index contributed by atoms with van der Waals surface area (Å²) >= 11 is 1.37. The smallest absolute Gasteiger partial charge is 0.234 e. The number of aromatic nitrogens is 3. The molecule has 4 aromatic rings. The lowest BCUT2D eigenvalue weighted by Gasteiger charge is -2.12. The minimum Gasteiger partial charge on any atom is -0.378 e. The molecule has 0 spiro atoms. The van der Waals surface area contributed by atoms with Crippen molar-refractivity contribution in [1.29, 1.82) is 0 Å². The number of nitrogens with one attached hydrogen (secondary N) is 2. The number of anilines is 2. The van der Waals surface area contributed by atoms with Gasteiger partial charge in [-0.2, -0.15) is 0 Å². The van der Waals surface area contributed by atoms with Gasteiger partial charge in [0.1, 0.15) is 0 Å². The summed E-state index contributed by atoms with van der Waals surface area (Å²) in [5.74, 6) is 0.942. The molecule has 0 unspecified atom stereocenters. The van der Waals surface area contributed by atoms with Crippen molar-refractivity contribution >= 4 is 29.0 Å². The molecule has 33 heavy (non-hydrogen) atoms. The lowest BCUT2D eigenvalue weighted by atomic mass is 10.1. The van der Waals surface area contributed by atoms with E-state index in [2.05, 4.69) is 46.8 Å². The first kappa shape index (κ1) is 22.6. The van der Waals surface area contributed by atoms with Gasteiger partial charge in [0, 0.05) is 17.1 Å². The van der Waals surface area contributed by atoms with E-state index in [1.165, 1.54) is 22.9 Å². The summed E-state index contributed by atoms with van der Waals surface area (Å²) in [6.07, 6.45) is 0.973. The maximum Gasteiger partial charge on any atom is 0.234 e. The van der Waals surface area contributed by atoms with Crippen molar-refractivity contribution in [2.45, 2.75) is 32.0 Å². The van der Waals surface area contributed by atoms with Gasteiger partial charge < -0.3 is 10.6 Å².